The van der Waals surface area contributed by atoms with Crippen molar-refractivity contribution >= 4 is 0 Å². The minimum Gasteiger partial charge on any atom is -0.466 e. The molecule has 2 rings (SSSR count). The van der Waals surface area contributed by atoms with E-state index in [2.05, 4.69) is 18.3 Å². The molecule has 0 aliphatic carbocycles. The number of rotatable bonds is 6. The van der Waals surface area contributed by atoms with Gasteiger partial charge in [-0.05, 0) is 57.0 Å². The Labute approximate surface area is 120 Å². The number of hydrogen-bond acceptors (Lipinski definition) is 2. The van der Waals surface area contributed by atoms with Crippen LogP contribution in [0.2, 0.25) is 0 Å². The van der Waals surface area contributed by atoms with Gasteiger partial charge in [0.2, 0.25) is 0 Å². The zero-order valence-corrected chi connectivity index (χ0v) is 12.4. The molecule has 0 saturated carbocycles. The molecule has 0 radical (unpaired) electrons. The summed E-state index contributed by atoms with van der Waals surface area (Å²) < 4.78 is 18.9. The number of halogens is 1. The summed E-state index contributed by atoms with van der Waals surface area (Å²) in [5, 5.41) is 3.53. The molecule has 0 spiro atoms. The molecule has 2 aromatic rings. The molecule has 1 N–H and O–H groups in total. The zero-order valence-electron chi connectivity index (χ0n) is 12.4. The van der Waals surface area contributed by atoms with Crippen molar-refractivity contribution < 1.29 is 8.81 Å². The number of hydrogen-bond donors (Lipinski definition) is 1. The first-order chi connectivity index (χ1) is 9.60. The van der Waals surface area contributed by atoms with Crippen LogP contribution < -0.4 is 5.32 Å². The van der Waals surface area contributed by atoms with E-state index in [4.69, 9.17) is 4.42 Å². The van der Waals surface area contributed by atoms with Crippen molar-refractivity contribution in [2.75, 3.05) is 6.54 Å². The fraction of sp³-hybridized carbons (Fsp3) is 0.412. The Morgan fingerprint density at radius 2 is 2.05 bits per heavy atom. The van der Waals surface area contributed by atoms with E-state index in [-0.39, 0.29) is 11.9 Å². The number of benzene rings is 1. The minimum atomic E-state index is -0.183. The highest BCUT2D eigenvalue weighted by Gasteiger charge is 2.17. The van der Waals surface area contributed by atoms with Crippen molar-refractivity contribution in [2.45, 2.75) is 39.7 Å². The molecule has 108 valence electrons. The SMILES string of the molecule is CCCNC(Cc1cccc(F)c1)c1cc(C)oc1C. The monoisotopic (exact) mass is 275 g/mol. The van der Waals surface area contributed by atoms with Crippen LogP contribution in [0, 0.1) is 19.7 Å². The summed E-state index contributed by atoms with van der Waals surface area (Å²) in [7, 11) is 0. The standard InChI is InChI=1S/C17H22FNO/c1-4-8-19-17(16-9-12(2)20-13(16)3)11-14-6-5-7-15(18)10-14/h5-7,9-10,17,19H,4,8,11H2,1-3H3. The molecule has 1 aromatic heterocycles. The van der Waals surface area contributed by atoms with E-state index in [9.17, 15) is 4.39 Å². The molecule has 1 unspecified atom stereocenters. The van der Waals surface area contributed by atoms with Crippen LogP contribution in [0.4, 0.5) is 4.39 Å². The Morgan fingerprint density at radius 3 is 2.65 bits per heavy atom. The summed E-state index contributed by atoms with van der Waals surface area (Å²) in [6.07, 6.45) is 1.83. The van der Waals surface area contributed by atoms with Crippen LogP contribution in [0.25, 0.3) is 0 Å². The zero-order chi connectivity index (χ0) is 14.5. The van der Waals surface area contributed by atoms with Gasteiger partial charge in [0.25, 0.3) is 0 Å². The van der Waals surface area contributed by atoms with Crippen molar-refractivity contribution in [2.24, 2.45) is 0 Å². The van der Waals surface area contributed by atoms with Crippen molar-refractivity contribution in [1.29, 1.82) is 0 Å². The number of aryl methyl sites for hydroxylation is 2. The first kappa shape index (κ1) is 14.8. The first-order valence-electron chi connectivity index (χ1n) is 7.15. The third-order valence-corrected chi connectivity index (χ3v) is 3.42. The second-order valence-corrected chi connectivity index (χ2v) is 5.21. The van der Waals surface area contributed by atoms with Gasteiger partial charge in [0, 0.05) is 11.6 Å². The summed E-state index contributed by atoms with van der Waals surface area (Å²) in [5.41, 5.74) is 2.16. The topological polar surface area (TPSA) is 25.2 Å². The largest absolute Gasteiger partial charge is 0.466 e. The van der Waals surface area contributed by atoms with Crippen LogP contribution in [0.5, 0.6) is 0 Å². The maximum Gasteiger partial charge on any atom is 0.123 e. The van der Waals surface area contributed by atoms with Gasteiger partial charge in [0.05, 0.1) is 0 Å². The van der Waals surface area contributed by atoms with Crippen LogP contribution in [0.3, 0.4) is 0 Å². The van der Waals surface area contributed by atoms with Crippen molar-refractivity contribution in [3.8, 4) is 0 Å². The predicted octanol–water partition coefficient (Wildman–Crippen LogP) is 4.32. The van der Waals surface area contributed by atoms with Crippen LogP contribution in [-0.2, 0) is 6.42 Å². The van der Waals surface area contributed by atoms with E-state index in [0.717, 1.165) is 36.5 Å². The molecule has 0 aliphatic heterocycles. The molecule has 2 nitrogen and oxygen atoms in total. The number of furan rings is 1. The lowest BCUT2D eigenvalue weighted by molar-refractivity contribution is 0.480. The second kappa shape index (κ2) is 6.71. The summed E-state index contributed by atoms with van der Waals surface area (Å²) in [5.74, 6) is 1.67. The highest BCUT2D eigenvalue weighted by Crippen LogP contribution is 2.25. The summed E-state index contributed by atoms with van der Waals surface area (Å²) in [6.45, 7) is 7.01. The van der Waals surface area contributed by atoms with Gasteiger partial charge in [0.1, 0.15) is 17.3 Å². The second-order valence-electron chi connectivity index (χ2n) is 5.21. The lowest BCUT2D eigenvalue weighted by Crippen LogP contribution is -2.24. The summed E-state index contributed by atoms with van der Waals surface area (Å²) in [6, 6.07) is 9.03. The highest BCUT2D eigenvalue weighted by molar-refractivity contribution is 5.27. The normalized spacial score (nSPS) is 12.6. The van der Waals surface area contributed by atoms with E-state index in [0.29, 0.717) is 0 Å². The molecule has 1 atom stereocenters. The van der Waals surface area contributed by atoms with Gasteiger partial charge in [0.15, 0.2) is 0 Å². The fourth-order valence-corrected chi connectivity index (χ4v) is 2.51. The minimum absolute atomic E-state index is 0.161. The Bertz CT molecular complexity index is 562. The van der Waals surface area contributed by atoms with Crippen LogP contribution in [-0.4, -0.2) is 6.54 Å². The van der Waals surface area contributed by atoms with E-state index < -0.39 is 0 Å². The Morgan fingerprint density at radius 1 is 1.25 bits per heavy atom. The number of nitrogens with one attached hydrogen (secondary N) is 1. The third kappa shape index (κ3) is 3.70. The Kier molecular flexibility index (Phi) is 4.96. The molecular formula is C17H22FNO. The van der Waals surface area contributed by atoms with E-state index in [1.165, 1.54) is 11.6 Å². The van der Waals surface area contributed by atoms with Crippen molar-refractivity contribution in [1.82, 2.24) is 5.32 Å². The molecular weight excluding hydrogens is 253 g/mol. The molecule has 0 fully saturated rings. The maximum absolute atomic E-state index is 13.3. The molecule has 0 aliphatic rings. The average Bonchev–Trinajstić information content (AvgIpc) is 2.73. The van der Waals surface area contributed by atoms with Crippen LogP contribution >= 0.6 is 0 Å². The van der Waals surface area contributed by atoms with E-state index in [1.54, 1.807) is 12.1 Å². The Balaban J connectivity index is 2.21. The molecule has 3 heteroatoms. The third-order valence-electron chi connectivity index (χ3n) is 3.42. The lowest BCUT2D eigenvalue weighted by atomic mass is 9.99. The maximum atomic E-state index is 13.3. The molecule has 1 heterocycles. The molecule has 1 aromatic carbocycles. The van der Waals surface area contributed by atoms with E-state index >= 15 is 0 Å². The van der Waals surface area contributed by atoms with Gasteiger partial charge < -0.3 is 9.73 Å². The molecule has 0 bridgehead atoms. The smallest absolute Gasteiger partial charge is 0.123 e. The lowest BCUT2D eigenvalue weighted by Gasteiger charge is -2.18. The van der Waals surface area contributed by atoms with E-state index in [1.807, 2.05) is 19.9 Å². The predicted molar refractivity (Wildman–Crippen MR) is 79.3 cm³/mol. The summed E-state index contributed by atoms with van der Waals surface area (Å²) in [4.78, 5) is 0. The van der Waals surface area contributed by atoms with Gasteiger partial charge in [-0.25, -0.2) is 4.39 Å². The highest BCUT2D eigenvalue weighted by atomic mass is 19.1. The van der Waals surface area contributed by atoms with Crippen LogP contribution in [0.15, 0.2) is 34.7 Å². The summed E-state index contributed by atoms with van der Waals surface area (Å²) >= 11 is 0. The van der Waals surface area contributed by atoms with Gasteiger partial charge in [-0.2, -0.15) is 0 Å². The van der Waals surface area contributed by atoms with Gasteiger partial charge in [-0.3, -0.25) is 0 Å². The first-order valence-corrected chi connectivity index (χ1v) is 7.15. The molecule has 0 saturated heterocycles. The van der Waals surface area contributed by atoms with Crippen molar-refractivity contribution in [3.63, 3.8) is 0 Å². The quantitative estimate of drug-likeness (QED) is 0.849. The molecule has 20 heavy (non-hydrogen) atoms. The molecule has 0 amide bonds. The van der Waals surface area contributed by atoms with Gasteiger partial charge in [-0.1, -0.05) is 19.1 Å². The average molecular weight is 275 g/mol. The van der Waals surface area contributed by atoms with Crippen LogP contribution in [0.1, 0.15) is 42.0 Å². The fourth-order valence-electron chi connectivity index (χ4n) is 2.51. The van der Waals surface area contributed by atoms with Gasteiger partial charge >= 0.3 is 0 Å². The van der Waals surface area contributed by atoms with Crippen molar-refractivity contribution in [3.05, 3.63) is 58.8 Å². The Hall–Kier alpha value is -1.61. The van der Waals surface area contributed by atoms with Gasteiger partial charge in [-0.15, -0.1) is 0 Å².